The van der Waals surface area contributed by atoms with Crippen molar-refractivity contribution in [1.29, 1.82) is 0 Å². The predicted molar refractivity (Wildman–Crippen MR) is 119 cm³/mol. The molecule has 5 aromatic rings. The monoisotopic (exact) mass is 447 g/mol. The fourth-order valence-electron chi connectivity index (χ4n) is 3.11. The SMILES string of the molecule is Brc1cc2sccc2c(Nc2ccc3c(Oc4ccccn4)cccc3c2)n1. The maximum absolute atomic E-state index is 5.96. The van der Waals surface area contributed by atoms with Crippen molar-refractivity contribution in [2.24, 2.45) is 0 Å². The van der Waals surface area contributed by atoms with E-state index in [1.807, 2.05) is 42.5 Å². The molecule has 0 saturated carbocycles. The topological polar surface area (TPSA) is 47.0 Å². The summed E-state index contributed by atoms with van der Waals surface area (Å²) in [6.45, 7) is 0. The zero-order valence-electron chi connectivity index (χ0n) is 14.6. The first-order valence-electron chi connectivity index (χ1n) is 8.69. The summed E-state index contributed by atoms with van der Waals surface area (Å²) in [6, 6.07) is 21.9. The molecule has 0 aliphatic carbocycles. The second-order valence-electron chi connectivity index (χ2n) is 6.21. The van der Waals surface area contributed by atoms with Crippen LogP contribution in [0.2, 0.25) is 0 Å². The molecule has 3 heterocycles. The largest absolute Gasteiger partial charge is 0.438 e. The van der Waals surface area contributed by atoms with Crippen LogP contribution >= 0.6 is 27.3 Å². The van der Waals surface area contributed by atoms with Crippen LogP contribution in [0.3, 0.4) is 0 Å². The summed E-state index contributed by atoms with van der Waals surface area (Å²) in [5, 5.41) is 8.74. The molecule has 4 nitrogen and oxygen atoms in total. The lowest BCUT2D eigenvalue weighted by Crippen LogP contribution is -1.95. The second kappa shape index (κ2) is 7.22. The van der Waals surface area contributed by atoms with Gasteiger partial charge in [-0.25, -0.2) is 9.97 Å². The highest BCUT2D eigenvalue weighted by Crippen LogP contribution is 2.34. The number of hydrogen-bond donors (Lipinski definition) is 1. The molecule has 136 valence electrons. The molecule has 0 aliphatic rings. The number of hydrogen-bond acceptors (Lipinski definition) is 5. The van der Waals surface area contributed by atoms with Crippen LogP contribution in [-0.4, -0.2) is 9.97 Å². The third kappa shape index (κ3) is 3.32. The van der Waals surface area contributed by atoms with E-state index in [9.17, 15) is 0 Å². The van der Waals surface area contributed by atoms with Crippen LogP contribution in [-0.2, 0) is 0 Å². The molecule has 0 bridgehead atoms. The molecule has 0 unspecified atom stereocenters. The van der Waals surface area contributed by atoms with Crippen molar-refractivity contribution in [1.82, 2.24) is 9.97 Å². The molecule has 0 aliphatic heterocycles. The van der Waals surface area contributed by atoms with Gasteiger partial charge in [0.25, 0.3) is 0 Å². The van der Waals surface area contributed by atoms with E-state index in [1.165, 1.54) is 4.70 Å². The van der Waals surface area contributed by atoms with Crippen molar-refractivity contribution in [2.45, 2.75) is 0 Å². The van der Waals surface area contributed by atoms with Crippen molar-refractivity contribution in [3.63, 3.8) is 0 Å². The van der Waals surface area contributed by atoms with Gasteiger partial charge in [-0.15, -0.1) is 11.3 Å². The van der Waals surface area contributed by atoms with Gasteiger partial charge >= 0.3 is 0 Å². The normalized spacial score (nSPS) is 11.0. The number of thiophene rings is 1. The summed E-state index contributed by atoms with van der Waals surface area (Å²) in [5.74, 6) is 2.20. The number of benzene rings is 2. The molecule has 3 aromatic heterocycles. The van der Waals surface area contributed by atoms with Crippen molar-refractivity contribution in [2.75, 3.05) is 5.32 Å². The smallest absolute Gasteiger partial charge is 0.219 e. The Morgan fingerprint density at radius 3 is 2.79 bits per heavy atom. The van der Waals surface area contributed by atoms with Crippen LogP contribution in [0.25, 0.3) is 20.9 Å². The number of ether oxygens (including phenoxy) is 1. The van der Waals surface area contributed by atoms with Gasteiger partial charge in [-0.3, -0.25) is 0 Å². The average molecular weight is 448 g/mol. The highest BCUT2D eigenvalue weighted by Gasteiger charge is 2.09. The second-order valence-corrected chi connectivity index (χ2v) is 7.97. The van der Waals surface area contributed by atoms with Gasteiger partial charge in [0.1, 0.15) is 16.2 Å². The molecular formula is C22H14BrN3OS. The fraction of sp³-hybridized carbons (Fsp3) is 0. The first-order chi connectivity index (χ1) is 13.8. The molecule has 2 aromatic carbocycles. The molecule has 0 fully saturated rings. The van der Waals surface area contributed by atoms with Gasteiger partial charge in [0.2, 0.25) is 5.88 Å². The molecule has 0 spiro atoms. The number of fused-ring (bicyclic) bond motifs is 2. The Bertz CT molecular complexity index is 1290. The Balaban J connectivity index is 1.51. The summed E-state index contributed by atoms with van der Waals surface area (Å²) >= 11 is 5.19. The molecular weight excluding hydrogens is 434 g/mol. The quantitative estimate of drug-likeness (QED) is 0.297. The van der Waals surface area contributed by atoms with E-state index in [2.05, 4.69) is 60.9 Å². The Morgan fingerprint density at radius 1 is 0.929 bits per heavy atom. The molecule has 0 saturated heterocycles. The molecule has 1 N–H and O–H groups in total. The summed E-state index contributed by atoms with van der Waals surface area (Å²) < 4.78 is 7.97. The Labute approximate surface area is 174 Å². The first kappa shape index (κ1) is 17.2. The van der Waals surface area contributed by atoms with E-state index >= 15 is 0 Å². The van der Waals surface area contributed by atoms with Crippen LogP contribution in [0.1, 0.15) is 0 Å². The van der Waals surface area contributed by atoms with E-state index in [4.69, 9.17) is 4.74 Å². The number of pyridine rings is 2. The van der Waals surface area contributed by atoms with Crippen molar-refractivity contribution < 1.29 is 4.74 Å². The van der Waals surface area contributed by atoms with Crippen molar-refractivity contribution >= 4 is 59.6 Å². The number of nitrogens with zero attached hydrogens (tertiary/aromatic N) is 2. The summed E-state index contributed by atoms with van der Waals surface area (Å²) in [6.07, 6.45) is 1.72. The van der Waals surface area contributed by atoms with Crippen molar-refractivity contribution in [3.05, 3.63) is 82.9 Å². The lowest BCUT2D eigenvalue weighted by molar-refractivity contribution is 0.468. The molecule has 6 heteroatoms. The lowest BCUT2D eigenvalue weighted by Gasteiger charge is -2.11. The van der Waals surface area contributed by atoms with Crippen LogP contribution in [0.5, 0.6) is 11.6 Å². The zero-order valence-corrected chi connectivity index (χ0v) is 17.0. The van der Waals surface area contributed by atoms with Gasteiger partial charge in [0.05, 0.1) is 0 Å². The van der Waals surface area contributed by atoms with Crippen LogP contribution in [0, 0.1) is 0 Å². The Hall–Kier alpha value is -2.96. The summed E-state index contributed by atoms with van der Waals surface area (Å²) in [5.41, 5.74) is 0.973. The molecule has 28 heavy (non-hydrogen) atoms. The van der Waals surface area contributed by atoms with Gasteiger partial charge in [0, 0.05) is 33.4 Å². The van der Waals surface area contributed by atoms with E-state index in [0.717, 1.165) is 38.0 Å². The highest BCUT2D eigenvalue weighted by atomic mass is 79.9. The lowest BCUT2D eigenvalue weighted by atomic mass is 10.1. The van der Waals surface area contributed by atoms with Gasteiger partial charge in [-0.05, 0) is 69.2 Å². The third-order valence-electron chi connectivity index (χ3n) is 4.37. The van der Waals surface area contributed by atoms with Crippen LogP contribution in [0.15, 0.2) is 82.9 Å². The minimum absolute atomic E-state index is 0.579. The number of halogens is 1. The van der Waals surface area contributed by atoms with Gasteiger partial charge in [-0.2, -0.15) is 0 Å². The minimum atomic E-state index is 0.579. The summed E-state index contributed by atoms with van der Waals surface area (Å²) in [7, 11) is 0. The van der Waals surface area contributed by atoms with Gasteiger partial charge in [0.15, 0.2) is 0 Å². The molecule has 0 radical (unpaired) electrons. The average Bonchev–Trinajstić information content (AvgIpc) is 3.17. The maximum Gasteiger partial charge on any atom is 0.219 e. The number of rotatable bonds is 4. The standard InChI is InChI=1S/C22H14BrN3OS/c23-20-13-19-17(9-11-28-19)22(26-20)25-15-7-8-16-14(12-15)4-3-5-18(16)27-21-6-1-2-10-24-21/h1-13H,(H,25,26). The Morgan fingerprint density at radius 2 is 1.89 bits per heavy atom. The van der Waals surface area contributed by atoms with Gasteiger partial charge < -0.3 is 10.1 Å². The number of aromatic nitrogens is 2. The van der Waals surface area contributed by atoms with Gasteiger partial charge in [-0.1, -0.05) is 18.2 Å². The predicted octanol–water partition coefficient (Wildman–Crippen LogP) is 7.14. The number of nitrogens with one attached hydrogen (secondary N) is 1. The molecule has 0 amide bonds. The molecule has 0 atom stereocenters. The first-order valence-corrected chi connectivity index (χ1v) is 10.4. The number of anilines is 2. The Kier molecular flexibility index (Phi) is 4.43. The van der Waals surface area contributed by atoms with Crippen LogP contribution < -0.4 is 10.1 Å². The highest BCUT2D eigenvalue weighted by molar-refractivity contribution is 9.10. The summed E-state index contributed by atoms with van der Waals surface area (Å²) in [4.78, 5) is 8.84. The zero-order chi connectivity index (χ0) is 18.9. The maximum atomic E-state index is 5.96. The fourth-order valence-corrected chi connectivity index (χ4v) is 4.49. The van der Waals surface area contributed by atoms with E-state index in [-0.39, 0.29) is 0 Å². The van der Waals surface area contributed by atoms with Crippen LogP contribution in [0.4, 0.5) is 11.5 Å². The van der Waals surface area contributed by atoms with E-state index < -0.39 is 0 Å². The van der Waals surface area contributed by atoms with E-state index in [1.54, 1.807) is 17.5 Å². The molecule has 5 rings (SSSR count). The minimum Gasteiger partial charge on any atom is -0.438 e. The van der Waals surface area contributed by atoms with E-state index in [0.29, 0.717) is 5.88 Å². The third-order valence-corrected chi connectivity index (χ3v) is 5.64. The van der Waals surface area contributed by atoms with Crippen molar-refractivity contribution in [3.8, 4) is 11.6 Å².